The Kier molecular flexibility index (Phi) is 4.61. The molecule has 0 saturated carbocycles. The van der Waals surface area contributed by atoms with Crippen LogP contribution in [0, 0.1) is 19.8 Å². The van der Waals surface area contributed by atoms with Gasteiger partial charge in [0.15, 0.2) is 0 Å². The van der Waals surface area contributed by atoms with Gasteiger partial charge in [-0.05, 0) is 45.2 Å². The third-order valence-electron chi connectivity index (χ3n) is 4.05. The fourth-order valence-electron chi connectivity index (χ4n) is 2.97. The summed E-state index contributed by atoms with van der Waals surface area (Å²) in [5, 5.41) is 20.0. The average molecular weight is 263 g/mol. The Labute approximate surface area is 115 Å². The molecule has 1 aliphatic rings. The van der Waals surface area contributed by atoms with Crippen molar-refractivity contribution in [3.63, 3.8) is 0 Å². The quantitative estimate of drug-likeness (QED) is 0.873. The summed E-state index contributed by atoms with van der Waals surface area (Å²) < 4.78 is 0. The Hall–Kier alpha value is -0.900. The predicted octanol–water partition coefficient (Wildman–Crippen LogP) is 2.04. The largest absolute Gasteiger partial charge is 0.393 e. The Morgan fingerprint density at radius 2 is 1.84 bits per heavy atom. The van der Waals surface area contributed by atoms with E-state index in [2.05, 4.69) is 36.9 Å². The Balaban J connectivity index is 1.96. The molecule has 0 aromatic heterocycles. The molecule has 1 aromatic rings. The first-order valence-electron chi connectivity index (χ1n) is 7.12. The molecule has 1 fully saturated rings. The van der Waals surface area contributed by atoms with E-state index in [0.29, 0.717) is 12.5 Å². The first kappa shape index (κ1) is 14.5. The van der Waals surface area contributed by atoms with Gasteiger partial charge >= 0.3 is 0 Å². The molecule has 2 N–H and O–H groups in total. The molecule has 0 aliphatic carbocycles. The van der Waals surface area contributed by atoms with Gasteiger partial charge in [-0.25, -0.2) is 0 Å². The van der Waals surface area contributed by atoms with Gasteiger partial charge in [0.1, 0.15) is 0 Å². The summed E-state index contributed by atoms with van der Waals surface area (Å²) in [5.41, 5.74) is 3.38. The number of rotatable bonds is 4. The molecular weight excluding hydrogens is 238 g/mol. The van der Waals surface area contributed by atoms with Crippen molar-refractivity contribution in [1.29, 1.82) is 0 Å². The van der Waals surface area contributed by atoms with Crippen LogP contribution in [0.4, 0.5) is 0 Å². The summed E-state index contributed by atoms with van der Waals surface area (Å²) in [7, 11) is 0. The Morgan fingerprint density at radius 3 is 2.37 bits per heavy atom. The third kappa shape index (κ3) is 3.78. The molecule has 1 heterocycles. The third-order valence-corrected chi connectivity index (χ3v) is 4.05. The zero-order chi connectivity index (χ0) is 14.0. The van der Waals surface area contributed by atoms with E-state index in [9.17, 15) is 10.2 Å². The van der Waals surface area contributed by atoms with Crippen LogP contribution >= 0.6 is 0 Å². The topological polar surface area (TPSA) is 43.7 Å². The molecule has 0 radical (unpaired) electrons. The number of aryl methyl sites for hydroxylation is 2. The van der Waals surface area contributed by atoms with Crippen LogP contribution in [0.5, 0.6) is 0 Å². The van der Waals surface area contributed by atoms with Crippen molar-refractivity contribution in [3.8, 4) is 0 Å². The molecule has 106 valence electrons. The van der Waals surface area contributed by atoms with Crippen LogP contribution in [0.15, 0.2) is 18.2 Å². The van der Waals surface area contributed by atoms with Gasteiger partial charge in [0, 0.05) is 13.1 Å². The van der Waals surface area contributed by atoms with Crippen molar-refractivity contribution >= 4 is 0 Å². The molecule has 1 saturated heterocycles. The molecule has 2 rings (SSSR count). The summed E-state index contributed by atoms with van der Waals surface area (Å²) in [4.78, 5) is 2.25. The highest BCUT2D eigenvalue weighted by molar-refractivity contribution is 5.30. The summed E-state index contributed by atoms with van der Waals surface area (Å²) >= 11 is 0. The second-order valence-electron chi connectivity index (χ2n) is 5.99. The average Bonchev–Trinajstić information content (AvgIpc) is 2.76. The van der Waals surface area contributed by atoms with Crippen molar-refractivity contribution in [1.82, 2.24) is 4.90 Å². The Bertz CT molecular complexity index is 411. The molecule has 3 nitrogen and oxygen atoms in total. The van der Waals surface area contributed by atoms with Gasteiger partial charge in [0.25, 0.3) is 0 Å². The molecule has 1 aliphatic heterocycles. The number of aliphatic hydroxyl groups excluding tert-OH is 2. The monoisotopic (exact) mass is 263 g/mol. The van der Waals surface area contributed by atoms with Crippen molar-refractivity contribution in [2.24, 2.45) is 5.92 Å². The second kappa shape index (κ2) is 6.04. The van der Waals surface area contributed by atoms with Crippen LogP contribution in [0.2, 0.25) is 0 Å². The van der Waals surface area contributed by atoms with Crippen LogP contribution in [-0.4, -0.2) is 40.9 Å². The number of nitrogens with zero attached hydrogens (tertiary/aromatic N) is 1. The first-order valence-corrected chi connectivity index (χ1v) is 7.12. The van der Waals surface area contributed by atoms with Gasteiger partial charge in [0.2, 0.25) is 0 Å². The summed E-state index contributed by atoms with van der Waals surface area (Å²) in [6.07, 6.45) is 0.340. The van der Waals surface area contributed by atoms with E-state index in [1.165, 1.54) is 11.1 Å². The maximum absolute atomic E-state index is 10.4. The summed E-state index contributed by atoms with van der Waals surface area (Å²) in [6, 6.07) is 6.23. The van der Waals surface area contributed by atoms with Crippen LogP contribution in [0.25, 0.3) is 0 Å². The van der Waals surface area contributed by atoms with Crippen molar-refractivity contribution in [2.75, 3.05) is 19.6 Å². The number of hydrogen-bond acceptors (Lipinski definition) is 3. The Morgan fingerprint density at radius 1 is 1.21 bits per heavy atom. The lowest BCUT2D eigenvalue weighted by atomic mass is 10.0. The number of likely N-dealkylation sites (tertiary alicyclic amines) is 1. The lowest BCUT2D eigenvalue weighted by Gasteiger charge is -2.21. The van der Waals surface area contributed by atoms with Gasteiger partial charge < -0.3 is 15.1 Å². The van der Waals surface area contributed by atoms with Gasteiger partial charge in [-0.15, -0.1) is 0 Å². The van der Waals surface area contributed by atoms with Crippen molar-refractivity contribution in [2.45, 2.75) is 39.4 Å². The predicted molar refractivity (Wildman–Crippen MR) is 77.1 cm³/mol. The van der Waals surface area contributed by atoms with Crippen molar-refractivity contribution in [3.05, 3.63) is 34.9 Å². The van der Waals surface area contributed by atoms with Crippen LogP contribution in [-0.2, 0) is 0 Å². The fraction of sp³-hybridized carbons (Fsp3) is 0.625. The number of hydrogen-bond donors (Lipinski definition) is 2. The maximum atomic E-state index is 10.4. The number of aliphatic hydroxyl groups is 2. The molecule has 0 spiro atoms. The number of β-amino-alcohol motifs (C(OH)–C–C–N with tert-alkyl or cyclic N) is 1. The molecule has 3 atom stereocenters. The van der Waals surface area contributed by atoms with Gasteiger partial charge in [-0.3, -0.25) is 0 Å². The second-order valence-corrected chi connectivity index (χ2v) is 5.99. The minimum Gasteiger partial charge on any atom is -0.393 e. The normalized spacial score (nSPS) is 23.5. The fourth-order valence-corrected chi connectivity index (χ4v) is 2.97. The molecule has 1 aromatic carbocycles. The van der Waals surface area contributed by atoms with Gasteiger partial charge in [-0.2, -0.15) is 0 Å². The number of benzene rings is 1. The summed E-state index contributed by atoms with van der Waals surface area (Å²) in [5.74, 6) is 0.353. The zero-order valence-electron chi connectivity index (χ0n) is 12.1. The van der Waals surface area contributed by atoms with Gasteiger partial charge in [0.05, 0.1) is 12.2 Å². The summed E-state index contributed by atoms with van der Waals surface area (Å²) in [6.45, 7) is 8.49. The van der Waals surface area contributed by atoms with Crippen LogP contribution in [0.1, 0.15) is 36.1 Å². The highest BCUT2D eigenvalue weighted by Crippen LogP contribution is 2.23. The molecule has 19 heavy (non-hydrogen) atoms. The standard InChI is InChI=1S/C16H25NO2/c1-11-6-12(2)8-15(7-11)16(19)10-17-5-4-14(9-17)13(3)18/h6-8,13-14,16,18-19H,4-5,9-10H2,1-3H3. The highest BCUT2D eigenvalue weighted by atomic mass is 16.3. The van der Waals surface area contributed by atoms with E-state index in [-0.39, 0.29) is 6.10 Å². The minimum absolute atomic E-state index is 0.247. The zero-order valence-corrected chi connectivity index (χ0v) is 12.1. The van der Waals surface area contributed by atoms with E-state index in [1.807, 2.05) is 6.92 Å². The smallest absolute Gasteiger partial charge is 0.0917 e. The minimum atomic E-state index is -0.439. The maximum Gasteiger partial charge on any atom is 0.0917 e. The van der Waals surface area contributed by atoms with E-state index >= 15 is 0 Å². The van der Waals surface area contributed by atoms with Gasteiger partial charge in [-0.1, -0.05) is 29.3 Å². The lowest BCUT2D eigenvalue weighted by molar-refractivity contribution is 0.104. The van der Waals surface area contributed by atoms with E-state index < -0.39 is 6.10 Å². The SMILES string of the molecule is Cc1cc(C)cc(C(O)CN2CCC(C(C)O)C2)c1. The van der Waals surface area contributed by atoms with E-state index in [4.69, 9.17) is 0 Å². The molecule has 3 unspecified atom stereocenters. The van der Waals surface area contributed by atoms with Crippen LogP contribution < -0.4 is 0 Å². The van der Waals surface area contributed by atoms with E-state index in [1.54, 1.807) is 0 Å². The first-order chi connectivity index (χ1) is 8.95. The molecule has 0 amide bonds. The molecule has 3 heteroatoms. The molecular formula is C16H25NO2. The van der Waals surface area contributed by atoms with Crippen molar-refractivity contribution < 1.29 is 10.2 Å². The highest BCUT2D eigenvalue weighted by Gasteiger charge is 2.27. The van der Waals surface area contributed by atoms with Crippen LogP contribution in [0.3, 0.4) is 0 Å². The van der Waals surface area contributed by atoms with E-state index in [0.717, 1.165) is 25.1 Å². The molecule has 0 bridgehead atoms. The lowest BCUT2D eigenvalue weighted by Crippen LogP contribution is -2.28.